The van der Waals surface area contributed by atoms with E-state index in [4.69, 9.17) is 4.74 Å². The zero-order chi connectivity index (χ0) is 15.3. The molecular weight excluding hydrogens is 284 g/mol. The Bertz CT molecular complexity index is 459. The highest BCUT2D eigenvalue weighted by atomic mass is 32.2. The van der Waals surface area contributed by atoms with Gasteiger partial charge < -0.3 is 9.64 Å². The predicted octanol–water partition coefficient (Wildman–Crippen LogP) is 3.96. The molecular formula is C16H24N2O2S. The van der Waals surface area contributed by atoms with Crippen molar-refractivity contribution in [3.05, 3.63) is 24.5 Å². The first kappa shape index (κ1) is 16.1. The number of amides is 1. The molecule has 0 aliphatic carbocycles. The fourth-order valence-corrected chi connectivity index (χ4v) is 3.41. The van der Waals surface area contributed by atoms with E-state index in [1.54, 1.807) is 24.2 Å². The first-order valence-corrected chi connectivity index (χ1v) is 8.47. The molecule has 0 N–H and O–H groups in total. The van der Waals surface area contributed by atoms with Crippen LogP contribution in [0.1, 0.15) is 40.0 Å². The minimum absolute atomic E-state index is 0.178. The van der Waals surface area contributed by atoms with Gasteiger partial charge in [0, 0.05) is 35.6 Å². The van der Waals surface area contributed by atoms with Crippen LogP contribution in [0.4, 0.5) is 4.79 Å². The molecule has 2 heterocycles. The number of carbonyl (C=O) groups excluding carboxylic acids is 1. The number of hydrogen-bond acceptors (Lipinski definition) is 4. The van der Waals surface area contributed by atoms with Crippen molar-refractivity contribution in [1.29, 1.82) is 0 Å². The van der Waals surface area contributed by atoms with Crippen LogP contribution in [0.15, 0.2) is 29.4 Å². The fourth-order valence-electron chi connectivity index (χ4n) is 2.36. The van der Waals surface area contributed by atoms with Gasteiger partial charge in [-0.3, -0.25) is 4.98 Å². The summed E-state index contributed by atoms with van der Waals surface area (Å²) in [6, 6.07) is 4.27. The maximum absolute atomic E-state index is 12.3. The third-order valence-corrected chi connectivity index (χ3v) is 4.50. The Hall–Kier alpha value is -1.23. The maximum Gasteiger partial charge on any atom is 0.410 e. The normalized spacial score (nSPS) is 19.4. The summed E-state index contributed by atoms with van der Waals surface area (Å²) in [4.78, 5) is 19.4. The molecule has 0 radical (unpaired) electrons. The maximum atomic E-state index is 12.3. The average molecular weight is 308 g/mol. The molecule has 5 heteroatoms. The van der Waals surface area contributed by atoms with E-state index in [1.165, 1.54) is 11.3 Å². The van der Waals surface area contributed by atoms with Gasteiger partial charge in [0.1, 0.15) is 5.60 Å². The summed E-state index contributed by atoms with van der Waals surface area (Å²) in [7, 11) is 0. The fraction of sp³-hybridized carbons (Fsp3) is 0.625. The molecule has 0 unspecified atom stereocenters. The summed E-state index contributed by atoms with van der Waals surface area (Å²) >= 11 is 1.78. The smallest absolute Gasteiger partial charge is 0.410 e. The summed E-state index contributed by atoms with van der Waals surface area (Å²) in [5.41, 5.74) is -0.433. The van der Waals surface area contributed by atoms with Crippen molar-refractivity contribution >= 4 is 17.9 Å². The lowest BCUT2D eigenvalue weighted by molar-refractivity contribution is 0.0126. The Morgan fingerprint density at radius 1 is 1.38 bits per heavy atom. The molecule has 0 spiro atoms. The van der Waals surface area contributed by atoms with Crippen molar-refractivity contribution < 1.29 is 9.53 Å². The molecule has 1 fully saturated rings. The van der Waals surface area contributed by atoms with Crippen molar-refractivity contribution in [3.63, 3.8) is 0 Å². The Morgan fingerprint density at radius 3 is 2.76 bits per heavy atom. The summed E-state index contributed by atoms with van der Waals surface area (Å²) in [5.74, 6) is 0.906. The van der Waals surface area contributed by atoms with Crippen LogP contribution in [0, 0.1) is 0 Å². The Morgan fingerprint density at radius 2 is 2.10 bits per heavy atom. The standard InChI is InChI=1S/C16H24N2O2S/c1-16(2,3)20-15(19)18-11-5-4-6-13(18)12-21-14-7-9-17-10-8-14/h7-10,13H,4-6,11-12H2,1-3H3/t13-/m0/s1. The molecule has 21 heavy (non-hydrogen) atoms. The van der Waals surface area contributed by atoms with Crippen LogP contribution in [0.3, 0.4) is 0 Å². The highest BCUT2D eigenvalue weighted by Gasteiger charge is 2.30. The lowest BCUT2D eigenvalue weighted by Gasteiger charge is -2.36. The SMILES string of the molecule is CC(C)(C)OC(=O)N1CCCC[C@H]1CSc1ccncc1. The highest BCUT2D eigenvalue weighted by molar-refractivity contribution is 7.99. The third-order valence-electron chi connectivity index (χ3n) is 3.35. The molecule has 1 aromatic rings. The molecule has 0 aromatic carbocycles. The van der Waals surface area contributed by atoms with Gasteiger partial charge in [-0.25, -0.2) is 4.79 Å². The molecule has 2 rings (SSSR count). The van der Waals surface area contributed by atoms with Crippen LogP contribution in [0.25, 0.3) is 0 Å². The van der Waals surface area contributed by atoms with E-state index in [0.717, 1.165) is 25.1 Å². The lowest BCUT2D eigenvalue weighted by Crippen LogP contribution is -2.47. The molecule has 1 aliphatic rings. The van der Waals surface area contributed by atoms with Crippen LogP contribution >= 0.6 is 11.8 Å². The van der Waals surface area contributed by atoms with Gasteiger partial charge in [-0.05, 0) is 52.2 Å². The van der Waals surface area contributed by atoms with Gasteiger partial charge in [-0.1, -0.05) is 0 Å². The van der Waals surface area contributed by atoms with Crippen molar-refractivity contribution in [2.24, 2.45) is 0 Å². The van der Waals surface area contributed by atoms with Crippen molar-refractivity contribution in [1.82, 2.24) is 9.88 Å². The van der Waals surface area contributed by atoms with Gasteiger partial charge in [0.2, 0.25) is 0 Å². The third kappa shape index (κ3) is 5.23. The molecule has 1 aromatic heterocycles. The van der Waals surface area contributed by atoms with Crippen LogP contribution in [-0.2, 0) is 4.74 Å². The largest absolute Gasteiger partial charge is 0.444 e. The van der Waals surface area contributed by atoms with Gasteiger partial charge in [-0.15, -0.1) is 11.8 Å². The number of aromatic nitrogens is 1. The first-order chi connectivity index (χ1) is 9.96. The Balaban J connectivity index is 1.94. The van der Waals surface area contributed by atoms with Gasteiger partial charge in [0.15, 0.2) is 0 Å². The number of likely N-dealkylation sites (tertiary alicyclic amines) is 1. The zero-order valence-electron chi connectivity index (χ0n) is 13.0. The van der Waals surface area contributed by atoms with E-state index in [0.29, 0.717) is 0 Å². The van der Waals surface area contributed by atoms with Gasteiger partial charge >= 0.3 is 6.09 Å². The van der Waals surface area contributed by atoms with Crippen LogP contribution in [-0.4, -0.2) is 39.9 Å². The summed E-state index contributed by atoms with van der Waals surface area (Å²) in [6.45, 7) is 6.54. The number of hydrogen-bond donors (Lipinski definition) is 0. The number of nitrogens with zero attached hydrogens (tertiary/aromatic N) is 2. The van der Waals surface area contributed by atoms with Gasteiger partial charge in [-0.2, -0.15) is 0 Å². The van der Waals surface area contributed by atoms with Crippen LogP contribution in [0.5, 0.6) is 0 Å². The summed E-state index contributed by atoms with van der Waals surface area (Å²) in [6.07, 6.45) is 6.72. The molecule has 116 valence electrons. The number of ether oxygens (including phenoxy) is 1. The van der Waals surface area contributed by atoms with E-state index in [1.807, 2.05) is 37.8 Å². The van der Waals surface area contributed by atoms with Gasteiger partial charge in [0.05, 0.1) is 0 Å². The lowest BCUT2D eigenvalue weighted by atomic mass is 10.0. The second-order valence-corrected chi connectivity index (χ2v) is 7.41. The molecule has 0 bridgehead atoms. The minimum atomic E-state index is -0.433. The van der Waals surface area contributed by atoms with Crippen LogP contribution < -0.4 is 0 Å². The number of thioether (sulfide) groups is 1. The number of pyridine rings is 1. The quantitative estimate of drug-likeness (QED) is 0.793. The van der Waals surface area contributed by atoms with E-state index < -0.39 is 5.60 Å². The molecule has 1 saturated heterocycles. The molecule has 4 nitrogen and oxygen atoms in total. The number of piperidine rings is 1. The summed E-state index contributed by atoms with van der Waals surface area (Å²) in [5, 5.41) is 0. The summed E-state index contributed by atoms with van der Waals surface area (Å²) < 4.78 is 5.53. The molecule has 1 aliphatic heterocycles. The minimum Gasteiger partial charge on any atom is -0.444 e. The van der Waals surface area contributed by atoms with E-state index in [-0.39, 0.29) is 12.1 Å². The van der Waals surface area contributed by atoms with Crippen LogP contribution in [0.2, 0.25) is 0 Å². The number of rotatable bonds is 3. The van der Waals surface area contributed by atoms with Gasteiger partial charge in [0.25, 0.3) is 0 Å². The molecule has 1 amide bonds. The molecule has 0 saturated carbocycles. The van der Waals surface area contributed by atoms with E-state index >= 15 is 0 Å². The van der Waals surface area contributed by atoms with E-state index in [2.05, 4.69) is 4.98 Å². The zero-order valence-corrected chi connectivity index (χ0v) is 13.9. The van der Waals surface area contributed by atoms with Crippen molar-refractivity contribution in [3.8, 4) is 0 Å². The average Bonchev–Trinajstić information content (AvgIpc) is 2.45. The predicted molar refractivity (Wildman–Crippen MR) is 85.5 cm³/mol. The van der Waals surface area contributed by atoms with Crippen molar-refractivity contribution in [2.45, 2.75) is 56.6 Å². The Labute approximate surface area is 131 Å². The molecule has 1 atom stereocenters. The van der Waals surface area contributed by atoms with E-state index in [9.17, 15) is 4.79 Å². The Kier molecular flexibility index (Phi) is 5.51. The second kappa shape index (κ2) is 7.16. The first-order valence-electron chi connectivity index (χ1n) is 7.48. The highest BCUT2D eigenvalue weighted by Crippen LogP contribution is 2.26. The topological polar surface area (TPSA) is 42.4 Å². The number of carbonyl (C=O) groups is 1. The monoisotopic (exact) mass is 308 g/mol. The second-order valence-electron chi connectivity index (χ2n) is 6.32. The van der Waals surface area contributed by atoms with Crippen molar-refractivity contribution in [2.75, 3.05) is 12.3 Å².